The summed E-state index contributed by atoms with van der Waals surface area (Å²) in [5.41, 5.74) is 0.555. The number of benzene rings is 1. The second kappa shape index (κ2) is 4.50. The van der Waals surface area contributed by atoms with Gasteiger partial charge in [0.05, 0.1) is 0 Å². The number of ether oxygens (including phenoxy) is 1. The van der Waals surface area contributed by atoms with E-state index in [-0.39, 0.29) is 24.4 Å². The van der Waals surface area contributed by atoms with Gasteiger partial charge in [-0.3, -0.25) is 9.59 Å². The number of rotatable bonds is 4. The Bertz CT molecular complexity index is 360. The van der Waals surface area contributed by atoms with Crippen LogP contribution in [0.5, 0.6) is 0 Å². The van der Waals surface area contributed by atoms with Gasteiger partial charge in [0.15, 0.2) is 5.78 Å². The van der Waals surface area contributed by atoms with Gasteiger partial charge in [-0.05, 0) is 13.0 Å². The summed E-state index contributed by atoms with van der Waals surface area (Å²) in [5.74, 6) is -0.744. The molecule has 1 rings (SSSR count). The quantitative estimate of drug-likeness (QED) is 0.543. The summed E-state index contributed by atoms with van der Waals surface area (Å²) in [6, 6.07) is 4.05. The molecular weight excluding hydrogens is 187 g/mol. The van der Waals surface area contributed by atoms with Crippen LogP contribution in [0.1, 0.15) is 22.8 Å². The monoisotopic (exact) mass is 196 g/mol. The van der Waals surface area contributed by atoms with Crippen LogP contribution in [0, 0.1) is 5.82 Å². The fraction of sp³-hybridized carbons (Fsp3) is 0.200. The molecule has 0 aliphatic rings. The molecule has 0 fully saturated rings. The van der Waals surface area contributed by atoms with Gasteiger partial charge in [0, 0.05) is 11.1 Å². The molecule has 0 aromatic heterocycles. The summed E-state index contributed by atoms with van der Waals surface area (Å²) in [6.07, 6.45) is 0. The number of Topliss-reactive ketones (excluding diaryl/α,β-unsaturated/α-hetero) is 1. The Morgan fingerprint density at radius 2 is 2.29 bits per heavy atom. The van der Waals surface area contributed by atoms with E-state index in [0.717, 1.165) is 6.07 Å². The lowest BCUT2D eigenvalue weighted by Gasteiger charge is -2.02. The van der Waals surface area contributed by atoms with E-state index in [9.17, 15) is 14.0 Å². The maximum atomic E-state index is 13.2. The highest BCUT2D eigenvalue weighted by atomic mass is 19.1. The molecule has 4 heteroatoms. The molecule has 0 bridgehead atoms. The molecule has 1 aromatic rings. The van der Waals surface area contributed by atoms with Crippen molar-refractivity contribution in [2.75, 3.05) is 0 Å². The molecule has 0 spiro atoms. The highest BCUT2D eigenvalue weighted by molar-refractivity contribution is 5.94. The van der Waals surface area contributed by atoms with E-state index in [1.165, 1.54) is 19.1 Å². The van der Waals surface area contributed by atoms with Crippen molar-refractivity contribution in [3.8, 4) is 0 Å². The second-order valence-corrected chi connectivity index (χ2v) is 2.77. The van der Waals surface area contributed by atoms with Gasteiger partial charge < -0.3 is 4.74 Å². The lowest BCUT2D eigenvalue weighted by molar-refractivity contribution is -0.129. The lowest BCUT2D eigenvalue weighted by Crippen LogP contribution is -1.98. The van der Waals surface area contributed by atoms with Gasteiger partial charge in [-0.1, -0.05) is 12.1 Å². The van der Waals surface area contributed by atoms with E-state index in [0.29, 0.717) is 5.56 Å². The number of carbonyl (C=O) groups is 2. The predicted octanol–water partition coefficient (Wildman–Crippen LogP) is 1.70. The van der Waals surface area contributed by atoms with E-state index in [1.54, 1.807) is 0 Å². The highest BCUT2D eigenvalue weighted by Crippen LogP contribution is 2.11. The summed E-state index contributed by atoms with van der Waals surface area (Å²) >= 11 is 0. The Morgan fingerprint density at radius 1 is 1.57 bits per heavy atom. The number of halogens is 1. The highest BCUT2D eigenvalue weighted by Gasteiger charge is 2.06. The normalized spacial score (nSPS) is 9.57. The fourth-order valence-corrected chi connectivity index (χ4v) is 1.01. The molecule has 0 aliphatic heterocycles. The lowest BCUT2D eigenvalue weighted by atomic mass is 10.1. The molecule has 0 N–H and O–H groups in total. The third-order valence-electron chi connectivity index (χ3n) is 1.77. The van der Waals surface area contributed by atoms with E-state index in [1.807, 2.05) is 0 Å². The molecular formula is C10H9FO3. The van der Waals surface area contributed by atoms with Gasteiger partial charge in [-0.2, -0.15) is 0 Å². The Kier molecular flexibility index (Phi) is 3.34. The van der Waals surface area contributed by atoms with Gasteiger partial charge in [0.1, 0.15) is 12.4 Å². The molecule has 0 amide bonds. The van der Waals surface area contributed by atoms with Crippen LogP contribution in [0.25, 0.3) is 0 Å². The van der Waals surface area contributed by atoms with Crippen LogP contribution in [0.4, 0.5) is 4.39 Å². The molecule has 14 heavy (non-hydrogen) atoms. The smallest absolute Gasteiger partial charge is 0.293 e. The summed E-state index contributed by atoms with van der Waals surface area (Å²) in [7, 11) is 0. The Balaban J connectivity index is 2.89. The van der Waals surface area contributed by atoms with Crippen LogP contribution in [-0.2, 0) is 16.1 Å². The second-order valence-electron chi connectivity index (χ2n) is 2.77. The predicted molar refractivity (Wildman–Crippen MR) is 47.3 cm³/mol. The molecule has 0 unspecified atom stereocenters. The minimum Gasteiger partial charge on any atom is -0.463 e. The van der Waals surface area contributed by atoms with E-state index in [2.05, 4.69) is 4.74 Å². The zero-order valence-corrected chi connectivity index (χ0v) is 7.62. The van der Waals surface area contributed by atoms with Crippen molar-refractivity contribution in [1.29, 1.82) is 0 Å². The van der Waals surface area contributed by atoms with E-state index < -0.39 is 5.82 Å². The first-order chi connectivity index (χ1) is 6.65. The summed E-state index contributed by atoms with van der Waals surface area (Å²) in [5, 5.41) is 0. The molecule has 3 nitrogen and oxygen atoms in total. The average Bonchev–Trinajstić information content (AvgIpc) is 2.15. The largest absolute Gasteiger partial charge is 0.463 e. The van der Waals surface area contributed by atoms with E-state index in [4.69, 9.17) is 0 Å². The molecule has 74 valence electrons. The van der Waals surface area contributed by atoms with Crippen LogP contribution in [-0.4, -0.2) is 12.3 Å². The minimum absolute atomic E-state index is 0.118. The van der Waals surface area contributed by atoms with Crippen LogP contribution in [0.2, 0.25) is 0 Å². The van der Waals surface area contributed by atoms with Crippen LogP contribution in [0.15, 0.2) is 18.2 Å². The first-order valence-corrected chi connectivity index (χ1v) is 3.99. The number of ketones is 1. The average molecular weight is 196 g/mol. The zero-order valence-electron chi connectivity index (χ0n) is 7.62. The fourth-order valence-electron chi connectivity index (χ4n) is 1.01. The molecule has 0 aliphatic carbocycles. The van der Waals surface area contributed by atoms with Crippen molar-refractivity contribution in [2.24, 2.45) is 0 Å². The van der Waals surface area contributed by atoms with E-state index >= 15 is 0 Å². The first kappa shape index (κ1) is 10.4. The van der Waals surface area contributed by atoms with Gasteiger partial charge in [0.2, 0.25) is 0 Å². The van der Waals surface area contributed by atoms with Crippen molar-refractivity contribution >= 4 is 12.3 Å². The maximum Gasteiger partial charge on any atom is 0.293 e. The Morgan fingerprint density at radius 3 is 2.79 bits per heavy atom. The van der Waals surface area contributed by atoms with Crippen molar-refractivity contribution < 1.29 is 18.7 Å². The number of hydrogen-bond donors (Lipinski definition) is 0. The van der Waals surface area contributed by atoms with Crippen molar-refractivity contribution in [3.63, 3.8) is 0 Å². The van der Waals surface area contributed by atoms with Crippen LogP contribution >= 0.6 is 0 Å². The molecule has 0 radical (unpaired) electrons. The topological polar surface area (TPSA) is 43.4 Å². The SMILES string of the molecule is CC(=O)c1ccc(COC=O)c(F)c1. The number of hydrogen-bond acceptors (Lipinski definition) is 3. The minimum atomic E-state index is -0.542. The summed E-state index contributed by atoms with van der Waals surface area (Å²) in [6.45, 7) is 1.49. The van der Waals surface area contributed by atoms with Crippen molar-refractivity contribution in [2.45, 2.75) is 13.5 Å². The van der Waals surface area contributed by atoms with Crippen LogP contribution in [0.3, 0.4) is 0 Å². The maximum absolute atomic E-state index is 13.2. The van der Waals surface area contributed by atoms with Crippen LogP contribution < -0.4 is 0 Å². The Hall–Kier alpha value is -1.71. The van der Waals surface area contributed by atoms with Gasteiger partial charge in [-0.15, -0.1) is 0 Å². The number of carbonyl (C=O) groups excluding carboxylic acids is 2. The molecule has 1 aromatic carbocycles. The molecule has 0 atom stereocenters. The van der Waals surface area contributed by atoms with Gasteiger partial charge in [-0.25, -0.2) is 4.39 Å². The third-order valence-corrected chi connectivity index (χ3v) is 1.77. The standard InChI is InChI=1S/C10H9FO3/c1-7(13)8-2-3-9(5-14-6-12)10(11)4-8/h2-4,6H,5H2,1H3. The summed E-state index contributed by atoms with van der Waals surface area (Å²) in [4.78, 5) is 20.7. The molecule has 0 saturated carbocycles. The molecule has 0 heterocycles. The first-order valence-electron chi connectivity index (χ1n) is 3.99. The summed E-state index contributed by atoms with van der Waals surface area (Å²) < 4.78 is 17.6. The van der Waals surface area contributed by atoms with Gasteiger partial charge in [0.25, 0.3) is 6.47 Å². The van der Waals surface area contributed by atoms with Crippen molar-refractivity contribution in [1.82, 2.24) is 0 Å². The zero-order chi connectivity index (χ0) is 10.6. The third kappa shape index (κ3) is 2.39. The van der Waals surface area contributed by atoms with Gasteiger partial charge >= 0.3 is 0 Å². The van der Waals surface area contributed by atoms with Crippen molar-refractivity contribution in [3.05, 3.63) is 35.1 Å². The Labute approximate surface area is 80.5 Å². The molecule has 0 saturated heterocycles.